The lowest BCUT2D eigenvalue weighted by molar-refractivity contribution is -0.123. The number of carbonyl (C=O) groups is 1. The Hall–Kier alpha value is -3.79. The second kappa shape index (κ2) is 8.73. The number of carbonyl (C=O) groups excluding carboxylic acids is 1. The number of aromatic nitrogens is 2. The third kappa shape index (κ3) is 4.30. The van der Waals surface area contributed by atoms with Crippen LogP contribution in [0.3, 0.4) is 0 Å². The molecule has 0 spiro atoms. The van der Waals surface area contributed by atoms with E-state index in [4.69, 9.17) is 9.47 Å². The van der Waals surface area contributed by atoms with Gasteiger partial charge in [-0.25, -0.2) is 4.98 Å². The number of para-hydroxylation sites is 2. The molecule has 0 aliphatic heterocycles. The van der Waals surface area contributed by atoms with E-state index in [1.807, 2.05) is 31.2 Å². The van der Waals surface area contributed by atoms with E-state index in [1.165, 1.54) is 7.11 Å². The van der Waals surface area contributed by atoms with Crippen molar-refractivity contribution in [3.8, 4) is 17.6 Å². The van der Waals surface area contributed by atoms with Crippen molar-refractivity contribution in [1.82, 2.24) is 15.3 Å². The van der Waals surface area contributed by atoms with Gasteiger partial charge in [0.25, 0.3) is 5.91 Å². The van der Waals surface area contributed by atoms with Crippen molar-refractivity contribution in [3.63, 3.8) is 0 Å². The van der Waals surface area contributed by atoms with Crippen molar-refractivity contribution < 1.29 is 14.3 Å². The third-order valence-electron chi connectivity index (χ3n) is 4.00. The number of likely N-dealkylation sites (N-methyl/N-ethyl adjacent to an activating group) is 1. The minimum atomic E-state index is -0.204. The number of amides is 1. The Morgan fingerprint density at radius 1 is 1.29 bits per heavy atom. The van der Waals surface area contributed by atoms with E-state index < -0.39 is 0 Å². The highest BCUT2D eigenvalue weighted by molar-refractivity contribution is 5.90. The lowest BCUT2D eigenvalue weighted by Crippen LogP contribution is -2.28. The third-order valence-corrected chi connectivity index (χ3v) is 4.00. The molecule has 2 N–H and O–H groups in total. The van der Waals surface area contributed by atoms with Crippen LogP contribution in [0.4, 0.5) is 0 Å². The average molecular weight is 376 g/mol. The minimum absolute atomic E-state index is 0.0954. The number of aromatic amines is 1. The number of methoxy groups -OCH3 is 1. The average Bonchev–Trinajstić information content (AvgIpc) is 3.15. The highest BCUT2D eigenvalue weighted by Gasteiger charge is 2.11. The molecule has 0 unspecified atom stereocenters. The maximum absolute atomic E-state index is 11.6. The topological polar surface area (TPSA) is 100 Å². The Labute approximate surface area is 162 Å². The van der Waals surface area contributed by atoms with Crippen LogP contribution in [0.5, 0.6) is 11.5 Å². The standard InChI is InChI=1S/C21H20N4O3/c1-3-23-20(26)13-28-18-9-8-14(11-19(18)27-2)10-15(12-22)21-24-16-6-4-5-7-17(16)25-21/h4-11H,3,13H2,1-2H3,(H,23,26)(H,24,25)/b15-10-. The Morgan fingerprint density at radius 2 is 2.11 bits per heavy atom. The summed E-state index contributed by atoms with van der Waals surface area (Å²) in [4.78, 5) is 19.2. The van der Waals surface area contributed by atoms with Crippen LogP contribution >= 0.6 is 0 Å². The normalized spacial score (nSPS) is 11.1. The number of hydrogen-bond acceptors (Lipinski definition) is 5. The molecule has 0 saturated carbocycles. The monoisotopic (exact) mass is 376 g/mol. The number of H-pyrrole nitrogens is 1. The first-order chi connectivity index (χ1) is 13.6. The molecule has 0 bridgehead atoms. The second-order valence-electron chi connectivity index (χ2n) is 5.92. The second-order valence-corrected chi connectivity index (χ2v) is 5.92. The molecule has 7 nitrogen and oxygen atoms in total. The molecule has 3 aromatic rings. The first-order valence-corrected chi connectivity index (χ1v) is 8.79. The number of benzene rings is 2. The van der Waals surface area contributed by atoms with Gasteiger partial charge in [0.05, 0.1) is 23.7 Å². The molecule has 0 aliphatic carbocycles. The van der Waals surface area contributed by atoms with E-state index in [1.54, 1.807) is 24.3 Å². The van der Waals surface area contributed by atoms with E-state index in [-0.39, 0.29) is 12.5 Å². The maximum Gasteiger partial charge on any atom is 0.257 e. The fourth-order valence-electron chi connectivity index (χ4n) is 2.69. The van der Waals surface area contributed by atoms with Crippen molar-refractivity contribution in [2.24, 2.45) is 0 Å². The Balaban J connectivity index is 1.85. The summed E-state index contributed by atoms with van der Waals surface area (Å²) >= 11 is 0. The van der Waals surface area contributed by atoms with E-state index >= 15 is 0 Å². The van der Waals surface area contributed by atoms with Gasteiger partial charge in [-0.3, -0.25) is 4.79 Å². The van der Waals surface area contributed by atoms with Crippen LogP contribution < -0.4 is 14.8 Å². The molecule has 0 saturated heterocycles. The molecule has 0 atom stereocenters. The highest BCUT2D eigenvalue weighted by atomic mass is 16.5. The zero-order valence-corrected chi connectivity index (χ0v) is 15.7. The molecule has 0 fully saturated rings. The summed E-state index contributed by atoms with van der Waals surface area (Å²) in [6, 6.07) is 15.0. The van der Waals surface area contributed by atoms with Crippen LogP contribution in [0.15, 0.2) is 42.5 Å². The van der Waals surface area contributed by atoms with E-state index in [0.717, 1.165) is 16.6 Å². The first-order valence-electron chi connectivity index (χ1n) is 8.79. The molecule has 0 aliphatic rings. The van der Waals surface area contributed by atoms with Crippen molar-refractivity contribution in [1.29, 1.82) is 5.26 Å². The van der Waals surface area contributed by atoms with Crippen molar-refractivity contribution in [2.45, 2.75) is 6.92 Å². The number of allylic oxidation sites excluding steroid dienone is 1. The molecule has 3 rings (SSSR count). The number of imidazole rings is 1. The van der Waals surface area contributed by atoms with Gasteiger partial charge in [0.15, 0.2) is 18.1 Å². The van der Waals surface area contributed by atoms with Gasteiger partial charge in [0.1, 0.15) is 11.9 Å². The predicted octanol–water partition coefficient (Wildman–Crippen LogP) is 3.15. The lowest BCUT2D eigenvalue weighted by Gasteiger charge is -2.11. The largest absolute Gasteiger partial charge is 0.493 e. The Morgan fingerprint density at radius 3 is 2.82 bits per heavy atom. The quantitative estimate of drug-likeness (QED) is 0.617. The molecule has 7 heteroatoms. The molecule has 142 valence electrons. The minimum Gasteiger partial charge on any atom is -0.493 e. The SMILES string of the molecule is CCNC(=O)COc1ccc(/C=C(/C#N)c2nc3ccccc3[nH]2)cc1OC. The summed E-state index contributed by atoms with van der Waals surface area (Å²) in [6.07, 6.45) is 1.72. The zero-order chi connectivity index (χ0) is 19.9. The molecular weight excluding hydrogens is 356 g/mol. The van der Waals surface area contributed by atoms with Gasteiger partial charge < -0.3 is 19.8 Å². The molecule has 1 amide bonds. The van der Waals surface area contributed by atoms with Crippen LogP contribution in [0.2, 0.25) is 0 Å². The maximum atomic E-state index is 11.6. The number of fused-ring (bicyclic) bond motifs is 1. The lowest BCUT2D eigenvalue weighted by atomic mass is 10.1. The molecule has 0 radical (unpaired) electrons. The molecule has 1 heterocycles. The van der Waals surface area contributed by atoms with Gasteiger partial charge in [-0.15, -0.1) is 0 Å². The van der Waals surface area contributed by atoms with Gasteiger partial charge in [0.2, 0.25) is 0 Å². The first kappa shape index (κ1) is 19.0. The zero-order valence-electron chi connectivity index (χ0n) is 15.7. The van der Waals surface area contributed by atoms with Crippen LogP contribution in [-0.4, -0.2) is 36.1 Å². The van der Waals surface area contributed by atoms with Crippen LogP contribution in [0.25, 0.3) is 22.7 Å². The summed E-state index contributed by atoms with van der Waals surface area (Å²) in [5, 5.41) is 12.2. The highest BCUT2D eigenvalue weighted by Crippen LogP contribution is 2.29. The summed E-state index contributed by atoms with van der Waals surface area (Å²) in [7, 11) is 1.52. The number of nitrogens with zero attached hydrogens (tertiary/aromatic N) is 2. The Kier molecular flexibility index (Phi) is 5.92. The predicted molar refractivity (Wildman–Crippen MR) is 107 cm³/mol. The van der Waals surface area contributed by atoms with E-state index in [2.05, 4.69) is 21.4 Å². The van der Waals surface area contributed by atoms with Crippen LogP contribution in [0, 0.1) is 11.3 Å². The van der Waals surface area contributed by atoms with Crippen molar-refractivity contribution >= 4 is 28.6 Å². The fraction of sp³-hybridized carbons (Fsp3) is 0.190. The fourth-order valence-corrected chi connectivity index (χ4v) is 2.69. The Bertz CT molecular complexity index is 1030. The van der Waals surface area contributed by atoms with E-state index in [9.17, 15) is 10.1 Å². The molecule has 28 heavy (non-hydrogen) atoms. The number of ether oxygens (including phenoxy) is 2. The van der Waals surface area contributed by atoms with Gasteiger partial charge in [-0.1, -0.05) is 18.2 Å². The van der Waals surface area contributed by atoms with Gasteiger partial charge in [0, 0.05) is 6.54 Å². The van der Waals surface area contributed by atoms with Gasteiger partial charge in [-0.05, 0) is 42.8 Å². The summed E-state index contributed by atoms with van der Waals surface area (Å²) < 4.78 is 10.9. The number of hydrogen-bond donors (Lipinski definition) is 2. The summed E-state index contributed by atoms with van der Waals surface area (Å²) in [5.41, 5.74) is 2.81. The van der Waals surface area contributed by atoms with Gasteiger partial charge in [-0.2, -0.15) is 5.26 Å². The molecular formula is C21H20N4O3. The number of nitrogens with one attached hydrogen (secondary N) is 2. The number of nitriles is 1. The smallest absolute Gasteiger partial charge is 0.257 e. The molecule has 2 aromatic carbocycles. The van der Waals surface area contributed by atoms with Crippen LogP contribution in [0.1, 0.15) is 18.3 Å². The summed E-state index contributed by atoms with van der Waals surface area (Å²) in [6.45, 7) is 2.29. The van der Waals surface area contributed by atoms with Crippen molar-refractivity contribution in [3.05, 3.63) is 53.9 Å². The molecule has 1 aromatic heterocycles. The van der Waals surface area contributed by atoms with Crippen LogP contribution in [-0.2, 0) is 4.79 Å². The van der Waals surface area contributed by atoms with E-state index in [0.29, 0.717) is 29.4 Å². The van der Waals surface area contributed by atoms with Gasteiger partial charge >= 0.3 is 0 Å². The summed E-state index contributed by atoms with van der Waals surface area (Å²) in [5.74, 6) is 1.22. The number of rotatable bonds is 7. The van der Waals surface area contributed by atoms with Crippen molar-refractivity contribution in [2.75, 3.05) is 20.3 Å².